The number of aromatic nitrogens is 4. The summed E-state index contributed by atoms with van der Waals surface area (Å²) in [7, 11) is 0. The second-order valence-corrected chi connectivity index (χ2v) is 12.8. The van der Waals surface area contributed by atoms with Gasteiger partial charge in [0, 0.05) is 44.3 Å². The minimum Gasteiger partial charge on any atom is -0.354 e. The molecule has 0 unspecified atom stereocenters. The van der Waals surface area contributed by atoms with Gasteiger partial charge in [0.05, 0.1) is 22.8 Å². The van der Waals surface area contributed by atoms with E-state index in [1.165, 1.54) is 5.56 Å². The first kappa shape index (κ1) is 28.9. The van der Waals surface area contributed by atoms with E-state index in [4.69, 9.17) is 9.97 Å². The predicted molar refractivity (Wildman–Crippen MR) is 204 cm³/mol. The molecule has 0 fully saturated rings. The van der Waals surface area contributed by atoms with Gasteiger partial charge in [-0.3, -0.25) is 4.98 Å². The molecule has 0 radical (unpaired) electrons. The van der Waals surface area contributed by atoms with E-state index in [1.807, 2.05) is 0 Å². The molecule has 234 valence electrons. The molecule has 0 amide bonds. The van der Waals surface area contributed by atoms with Crippen LogP contribution in [0.5, 0.6) is 0 Å². The summed E-state index contributed by atoms with van der Waals surface area (Å²) in [4.78, 5) is 18.5. The highest BCUT2D eigenvalue weighted by atomic mass is 14.8. The first-order chi connectivity index (χ1) is 24.2. The van der Waals surface area contributed by atoms with Crippen LogP contribution in [0.1, 0.15) is 28.3 Å². The van der Waals surface area contributed by atoms with Crippen molar-refractivity contribution in [2.75, 3.05) is 0 Å². The molecule has 4 heteroatoms. The Bertz CT molecular complexity index is 2520. The van der Waals surface area contributed by atoms with E-state index in [0.717, 1.165) is 102 Å². The van der Waals surface area contributed by atoms with Crippen LogP contribution in [0.15, 0.2) is 140 Å². The van der Waals surface area contributed by atoms with Gasteiger partial charge >= 0.3 is 0 Å². The first-order valence-corrected chi connectivity index (χ1v) is 16.9. The van der Waals surface area contributed by atoms with Gasteiger partial charge in [-0.15, -0.1) is 0 Å². The van der Waals surface area contributed by atoms with E-state index >= 15 is 0 Å². The van der Waals surface area contributed by atoms with Crippen molar-refractivity contribution in [1.29, 1.82) is 0 Å². The molecule has 3 aromatic heterocycles. The fourth-order valence-corrected chi connectivity index (χ4v) is 7.26. The van der Waals surface area contributed by atoms with Crippen LogP contribution in [0.25, 0.3) is 78.7 Å². The van der Waals surface area contributed by atoms with Crippen LogP contribution in [0.2, 0.25) is 0 Å². The molecule has 4 aromatic carbocycles. The van der Waals surface area contributed by atoms with Crippen LogP contribution in [0.4, 0.5) is 0 Å². The zero-order chi connectivity index (χ0) is 32.7. The summed E-state index contributed by atoms with van der Waals surface area (Å²) in [6, 6.07) is 49.4. The highest BCUT2D eigenvalue weighted by Crippen LogP contribution is 2.38. The predicted octanol–water partition coefficient (Wildman–Crippen LogP) is 11.2. The SMILES string of the molecule is Cc1ccc(-c2c3nc(c(-c4ccccc4)c4ccc([nH]4)c(-c4ccccc4)c4nc(c(-c5ccccc5)c5ccc2[nH]5)CC4)C=C3)cc1. The molecule has 9 rings (SSSR count). The van der Waals surface area contributed by atoms with E-state index in [-0.39, 0.29) is 0 Å². The fraction of sp³-hybridized carbons (Fsp3) is 0.0667. The Kier molecular flexibility index (Phi) is 7.13. The molecule has 0 atom stereocenters. The molecular formula is C45H34N4. The minimum atomic E-state index is 0.848. The number of hydrogen-bond donors (Lipinski definition) is 2. The third-order valence-electron chi connectivity index (χ3n) is 9.57. The molecule has 0 saturated carbocycles. The Morgan fingerprint density at radius 2 is 0.755 bits per heavy atom. The monoisotopic (exact) mass is 630 g/mol. The first-order valence-electron chi connectivity index (χ1n) is 16.9. The zero-order valence-corrected chi connectivity index (χ0v) is 27.2. The lowest BCUT2D eigenvalue weighted by molar-refractivity contribution is 1.03. The summed E-state index contributed by atoms with van der Waals surface area (Å²) in [5.41, 5.74) is 18.3. The molecule has 0 saturated heterocycles. The molecule has 5 heterocycles. The van der Waals surface area contributed by atoms with Crippen LogP contribution < -0.4 is 0 Å². The molecule has 0 spiro atoms. The van der Waals surface area contributed by atoms with Crippen molar-refractivity contribution >= 4 is 34.2 Å². The smallest absolute Gasteiger partial charge is 0.0737 e. The second-order valence-electron chi connectivity index (χ2n) is 12.8. The van der Waals surface area contributed by atoms with E-state index < -0.39 is 0 Å². The van der Waals surface area contributed by atoms with Crippen LogP contribution in [-0.4, -0.2) is 19.9 Å². The van der Waals surface area contributed by atoms with E-state index in [1.54, 1.807) is 0 Å². The van der Waals surface area contributed by atoms with Crippen molar-refractivity contribution in [3.8, 4) is 44.5 Å². The lowest BCUT2D eigenvalue weighted by Crippen LogP contribution is -1.89. The van der Waals surface area contributed by atoms with Gasteiger partial charge in [0.25, 0.3) is 0 Å². The maximum atomic E-state index is 5.47. The van der Waals surface area contributed by atoms with Gasteiger partial charge in [-0.2, -0.15) is 0 Å². The topological polar surface area (TPSA) is 57.4 Å². The number of benzene rings is 4. The summed E-state index contributed by atoms with van der Waals surface area (Å²) < 4.78 is 0. The Balaban J connectivity index is 1.47. The molecule has 4 nitrogen and oxygen atoms in total. The average molecular weight is 631 g/mol. The fourth-order valence-electron chi connectivity index (χ4n) is 7.26. The van der Waals surface area contributed by atoms with Crippen molar-refractivity contribution in [2.24, 2.45) is 0 Å². The Labute approximate surface area is 285 Å². The lowest BCUT2D eigenvalue weighted by Gasteiger charge is -2.07. The quantitative estimate of drug-likeness (QED) is 0.203. The highest BCUT2D eigenvalue weighted by Gasteiger charge is 2.20. The van der Waals surface area contributed by atoms with E-state index in [2.05, 4.69) is 169 Å². The van der Waals surface area contributed by atoms with Gasteiger partial charge < -0.3 is 9.97 Å². The zero-order valence-electron chi connectivity index (χ0n) is 27.2. The molecule has 0 aliphatic carbocycles. The average Bonchev–Trinajstić information content (AvgIpc) is 3.98. The number of fused-ring (bicyclic) bond motifs is 8. The van der Waals surface area contributed by atoms with Crippen molar-refractivity contribution in [3.63, 3.8) is 0 Å². The van der Waals surface area contributed by atoms with Crippen molar-refractivity contribution in [2.45, 2.75) is 19.8 Å². The number of nitrogens with zero attached hydrogens (tertiary/aromatic N) is 2. The van der Waals surface area contributed by atoms with Gasteiger partial charge in [-0.05, 0) is 78.4 Å². The molecule has 49 heavy (non-hydrogen) atoms. The third kappa shape index (κ3) is 5.28. The minimum absolute atomic E-state index is 0.848. The van der Waals surface area contributed by atoms with Crippen molar-refractivity contribution < 1.29 is 0 Å². The van der Waals surface area contributed by atoms with Gasteiger partial charge in [-0.1, -0.05) is 121 Å². The highest BCUT2D eigenvalue weighted by molar-refractivity contribution is 5.97. The normalized spacial score (nSPS) is 12.3. The molecule has 7 aromatic rings. The molecule has 2 aliphatic heterocycles. The van der Waals surface area contributed by atoms with Gasteiger partial charge in [0.15, 0.2) is 0 Å². The van der Waals surface area contributed by atoms with Gasteiger partial charge in [0.2, 0.25) is 0 Å². The summed E-state index contributed by atoms with van der Waals surface area (Å²) >= 11 is 0. The molecule has 8 bridgehead atoms. The summed E-state index contributed by atoms with van der Waals surface area (Å²) in [6.07, 6.45) is 6.00. The summed E-state index contributed by atoms with van der Waals surface area (Å²) in [6.45, 7) is 2.13. The number of nitrogens with one attached hydrogen (secondary N) is 2. The molecule has 2 aliphatic rings. The van der Waals surface area contributed by atoms with E-state index in [0.29, 0.717) is 0 Å². The Hall–Kier alpha value is -6.26. The lowest BCUT2D eigenvalue weighted by atomic mass is 10.0. The van der Waals surface area contributed by atoms with Crippen molar-refractivity contribution in [3.05, 3.63) is 168 Å². The van der Waals surface area contributed by atoms with Crippen LogP contribution in [0, 0.1) is 6.92 Å². The number of hydrogen-bond acceptors (Lipinski definition) is 2. The summed E-state index contributed by atoms with van der Waals surface area (Å²) in [5.74, 6) is 0. The van der Waals surface area contributed by atoms with Gasteiger partial charge in [0.1, 0.15) is 0 Å². The Morgan fingerprint density at radius 1 is 0.388 bits per heavy atom. The largest absolute Gasteiger partial charge is 0.354 e. The second kappa shape index (κ2) is 12.1. The number of aryl methyl sites for hydroxylation is 3. The molecule has 2 N–H and O–H groups in total. The van der Waals surface area contributed by atoms with Crippen LogP contribution in [-0.2, 0) is 12.8 Å². The third-order valence-corrected chi connectivity index (χ3v) is 9.57. The summed E-state index contributed by atoms with van der Waals surface area (Å²) in [5, 5.41) is 0. The maximum absolute atomic E-state index is 5.47. The van der Waals surface area contributed by atoms with Crippen LogP contribution >= 0.6 is 0 Å². The number of H-pyrrole nitrogens is 2. The maximum Gasteiger partial charge on any atom is 0.0737 e. The van der Waals surface area contributed by atoms with E-state index in [9.17, 15) is 0 Å². The van der Waals surface area contributed by atoms with Crippen LogP contribution in [0.3, 0.4) is 0 Å². The Morgan fingerprint density at radius 3 is 1.18 bits per heavy atom. The number of rotatable bonds is 4. The standard InChI is InChI=1S/C45H34N4/c1-29-17-19-33(20-18-29)45-40-27-25-38(48-40)43(31-13-7-3-8-14-31)36-23-21-34(46-36)42(30-11-5-2-6-12-30)35-22-24-37(47-35)44(32-15-9-4-10-16-32)39-26-28-41(45)49-39/h2-21,23,25-28,46,49H,22,24H2,1H3. The van der Waals surface area contributed by atoms with Crippen molar-refractivity contribution in [1.82, 2.24) is 19.9 Å². The van der Waals surface area contributed by atoms with Gasteiger partial charge in [-0.25, -0.2) is 4.98 Å². The number of aromatic amines is 2. The molecular weight excluding hydrogens is 597 g/mol.